The summed E-state index contributed by atoms with van der Waals surface area (Å²) in [5, 5.41) is 1.34. The third kappa shape index (κ3) is 3.52. The molecule has 0 radical (unpaired) electrons. The number of hydrogen-bond acceptors (Lipinski definition) is 3. The van der Waals surface area contributed by atoms with Gasteiger partial charge in [-0.05, 0) is 41.5 Å². The van der Waals surface area contributed by atoms with Crippen molar-refractivity contribution in [2.45, 2.75) is 37.9 Å². The normalized spacial score (nSPS) is 22.9. The third-order valence-electron chi connectivity index (χ3n) is 4.77. The van der Waals surface area contributed by atoms with Gasteiger partial charge in [-0.25, -0.2) is 0 Å². The number of benzene rings is 1. The number of rotatable bonds is 6. The summed E-state index contributed by atoms with van der Waals surface area (Å²) in [5.41, 5.74) is 11.6. The Morgan fingerprint density at radius 2 is 2.00 bits per heavy atom. The first kappa shape index (κ1) is 17.5. The lowest BCUT2D eigenvalue weighted by molar-refractivity contribution is 0.721. The largest absolute Gasteiger partial charge is 0.393 e. The van der Waals surface area contributed by atoms with Gasteiger partial charge >= 0.3 is 0 Å². The molecule has 2 aliphatic rings. The van der Waals surface area contributed by atoms with Gasteiger partial charge in [0.05, 0.1) is 5.03 Å². The highest BCUT2D eigenvalue weighted by molar-refractivity contribution is 8.04. The summed E-state index contributed by atoms with van der Waals surface area (Å²) in [6, 6.07) is 10.7. The van der Waals surface area contributed by atoms with E-state index in [0.29, 0.717) is 11.2 Å². The lowest BCUT2D eigenvalue weighted by Gasteiger charge is -2.27. The number of aryl methyl sites for hydroxylation is 1. The van der Waals surface area contributed by atoms with E-state index in [-0.39, 0.29) is 0 Å². The lowest BCUT2D eigenvalue weighted by atomic mass is 9.82. The summed E-state index contributed by atoms with van der Waals surface area (Å²) in [4.78, 5) is 1.11. The molecule has 1 aromatic rings. The van der Waals surface area contributed by atoms with Crippen LogP contribution in [-0.2, 0) is 6.42 Å². The minimum atomic E-state index is 0.357. The molecule has 1 aliphatic heterocycles. The molecular formula is C21H25NS2. The third-order valence-corrected chi connectivity index (χ3v) is 6.51. The van der Waals surface area contributed by atoms with E-state index in [1.165, 1.54) is 22.3 Å². The first-order valence-electron chi connectivity index (χ1n) is 8.60. The summed E-state index contributed by atoms with van der Waals surface area (Å²) < 4.78 is 0. The Kier molecular flexibility index (Phi) is 5.62. The van der Waals surface area contributed by atoms with Crippen LogP contribution in [0.25, 0.3) is 0 Å². The number of allylic oxidation sites excluding steroid dienone is 4. The average molecular weight is 356 g/mol. The molecule has 0 fully saturated rings. The summed E-state index contributed by atoms with van der Waals surface area (Å²) in [6.45, 7) is 6.47. The molecule has 0 spiro atoms. The number of thioether (sulfide) groups is 1. The molecule has 3 rings (SSSR count). The van der Waals surface area contributed by atoms with Gasteiger partial charge in [0.25, 0.3) is 0 Å². The Morgan fingerprint density at radius 1 is 1.25 bits per heavy atom. The van der Waals surface area contributed by atoms with E-state index < -0.39 is 0 Å². The molecule has 1 aliphatic carbocycles. The quantitative estimate of drug-likeness (QED) is 0.647. The molecule has 24 heavy (non-hydrogen) atoms. The van der Waals surface area contributed by atoms with E-state index in [9.17, 15) is 0 Å². The first-order chi connectivity index (χ1) is 11.6. The number of hydrogen-bond donors (Lipinski definition) is 2. The Bertz CT molecular complexity index is 713. The summed E-state index contributed by atoms with van der Waals surface area (Å²) in [7, 11) is 0. The topological polar surface area (TPSA) is 26.0 Å². The Hall–Kier alpha value is -1.32. The fourth-order valence-corrected chi connectivity index (χ4v) is 5.43. The van der Waals surface area contributed by atoms with Crippen LogP contribution in [0.15, 0.2) is 75.7 Å². The maximum atomic E-state index is 6.39. The van der Waals surface area contributed by atoms with E-state index in [0.717, 1.165) is 35.6 Å². The van der Waals surface area contributed by atoms with Gasteiger partial charge < -0.3 is 5.73 Å². The van der Waals surface area contributed by atoms with Gasteiger partial charge in [-0.3, -0.25) is 0 Å². The molecule has 2 N–H and O–H groups in total. The minimum Gasteiger partial charge on any atom is -0.393 e. The zero-order valence-electron chi connectivity index (χ0n) is 14.2. The molecule has 0 bridgehead atoms. The highest BCUT2D eigenvalue weighted by Crippen LogP contribution is 2.50. The number of fused-ring (bicyclic) bond motifs is 1. The van der Waals surface area contributed by atoms with Gasteiger partial charge in [0.2, 0.25) is 0 Å². The van der Waals surface area contributed by atoms with Crippen LogP contribution in [0.3, 0.4) is 0 Å². The highest BCUT2D eigenvalue weighted by Gasteiger charge is 2.38. The van der Waals surface area contributed by atoms with Crippen molar-refractivity contribution in [3.63, 3.8) is 0 Å². The highest BCUT2D eigenvalue weighted by atomic mass is 32.2. The van der Waals surface area contributed by atoms with Gasteiger partial charge in [-0.15, -0.1) is 12.6 Å². The predicted molar refractivity (Wildman–Crippen MR) is 110 cm³/mol. The van der Waals surface area contributed by atoms with Gasteiger partial charge in [0.1, 0.15) is 0 Å². The fraction of sp³-hybridized carbons (Fsp3) is 0.333. The molecule has 2 atom stereocenters. The van der Waals surface area contributed by atoms with Crippen LogP contribution in [0.4, 0.5) is 0 Å². The van der Waals surface area contributed by atoms with Crippen LogP contribution in [0.2, 0.25) is 0 Å². The Morgan fingerprint density at radius 3 is 2.71 bits per heavy atom. The van der Waals surface area contributed by atoms with Crippen molar-refractivity contribution in [1.82, 2.24) is 0 Å². The smallest absolute Gasteiger partial charge is 0.0703 e. The van der Waals surface area contributed by atoms with Crippen molar-refractivity contribution in [3.05, 3.63) is 81.3 Å². The summed E-state index contributed by atoms with van der Waals surface area (Å²) in [6.07, 6.45) is 8.62. The van der Waals surface area contributed by atoms with E-state index in [1.54, 1.807) is 11.8 Å². The van der Waals surface area contributed by atoms with Crippen molar-refractivity contribution < 1.29 is 0 Å². The van der Waals surface area contributed by atoms with Crippen molar-refractivity contribution in [2.75, 3.05) is 0 Å². The van der Waals surface area contributed by atoms with Crippen molar-refractivity contribution in [1.29, 1.82) is 0 Å². The lowest BCUT2D eigenvalue weighted by Crippen LogP contribution is -2.20. The van der Waals surface area contributed by atoms with Gasteiger partial charge in [-0.1, -0.05) is 74.2 Å². The molecule has 2 unspecified atom stereocenters. The molecular weight excluding hydrogens is 330 g/mol. The second-order valence-corrected chi connectivity index (χ2v) is 8.12. The monoisotopic (exact) mass is 355 g/mol. The van der Waals surface area contributed by atoms with Crippen LogP contribution < -0.4 is 5.73 Å². The zero-order valence-corrected chi connectivity index (χ0v) is 15.9. The van der Waals surface area contributed by atoms with E-state index in [2.05, 4.69) is 56.0 Å². The van der Waals surface area contributed by atoms with E-state index in [4.69, 9.17) is 18.4 Å². The van der Waals surface area contributed by atoms with E-state index >= 15 is 0 Å². The van der Waals surface area contributed by atoms with Gasteiger partial charge in [0, 0.05) is 16.1 Å². The van der Waals surface area contributed by atoms with Crippen LogP contribution in [-0.4, -0.2) is 5.25 Å². The van der Waals surface area contributed by atoms with Crippen LogP contribution in [0, 0.1) is 5.92 Å². The minimum absolute atomic E-state index is 0.357. The second kappa shape index (κ2) is 7.71. The SMILES string of the molecule is C=C(CCC)C1=C(N)SC2C(CCc3ccccc3)=C(S)C=CC12. The molecule has 0 saturated heterocycles. The van der Waals surface area contributed by atoms with Crippen molar-refractivity contribution in [2.24, 2.45) is 11.7 Å². The standard InChI is InChI=1S/C21H25NS2/c1-3-7-14(2)19-17-12-13-18(23)16(20(17)24-21(19)22)11-10-15-8-5-4-6-9-15/h4-6,8-9,12-13,17,20,23H,2-3,7,10-11,22H2,1H3. The first-order valence-corrected chi connectivity index (χ1v) is 9.93. The number of nitrogens with two attached hydrogens (primary N) is 1. The van der Waals surface area contributed by atoms with Crippen molar-refractivity contribution in [3.8, 4) is 0 Å². The predicted octanol–water partition coefficient (Wildman–Crippen LogP) is 5.63. The number of thiol groups is 1. The molecule has 1 aromatic carbocycles. The second-order valence-electron chi connectivity index (χ2n) is 6.45. The van der Waals surface area contributed by atoms with E-state index in [1.807, 2.05) is 0 Å². The van der Waals surface area contributed by atoms with Crippen molar-refractivity contribution >= 4 is 24.4 Å². The maximum absolute atomic E-state index is 6.39. The molecule has 0 amide bonds. The van der Waals surface area contributed by atoms with Crippen LogP contribution >= 0.6 is 24.4 Å². The molecule has 0 saturated carbocycles. The Balaban J connectivity index is 1.78. The fourth-order valence-electron chi connectivity index (χ4n) is 3.56. The zero-order chi connectivity index (χ0) is 17.1. The average Bonchev–Trinajstić information content (AvgIpc) is 2.91. The molecule has 3 heteroatoms. The van der Waals surface area contributed by atoms with Gasteiger partial charge in [0.15, 0.2) is 0 Å². The molecule has 1 heterocycles. The molecule has 1 nitrogen and oxygen atoms in total. The van der Waals surface area contributed by atoms with Gasteiger partial charge in [-0.2, -0.15) is 0 Å². The van der Waals surface area contributed by atoms with Crippen LogP contribution in [0.1, 0.15) is 31.7 Å². The molecule has 0 aromatic heterocycles. The summed E-state index contributed by atoms with van der Waals surface area (Å²) >= 11 is 6.53. The molecule has 126 valence electrons. The maximum Gasteiger partial charge on any atom is 0.0703 e. The Labute approximate surface area is 155 Å². The van der Waals surface area contributed by atoms with Crippen LogP contribution in [0.5, 0.6) is 0 Å². The summed E-state index contributed by atoms with van der Waals surface area (Å²) in [5.74, 6) is 0.357.